The second-order valence-electron chi connectivity index (χ2n) is 7.37. The maximum absolute atomic E-state index is 11.8. The lowest BCUT2D eigenvalue weighted by Crippen LogP contribution is -2.06. The zero-order chi connectivity index (χ0) is 29.4. The van der Waals surface area contributed by atoms with E-state index in [1.165, 1.54) is 50.6 Å². The molecule has 0 atom stereocenters. The van der Waals surface area contributed by atoms with Crippen LogP contribution in [0.25, 0.3) is 22.6 Å². The maximum atomic E-state index is 11.8. The predicted molar refractivity (Wildman–Crippen MR) is 133 cm³/mol. The minimum atomic E-state index is -1.26. The van der Waals surface area contributed by atoms with E-state index in [1.807, 2.05) is 0 Å². The number of hydrogen-bond donors (Lipinski definition) is 1. The summed E-state index contributed by atoms with van der Waals surface area (Å²) in [5, 5.41) is 30.4. The number of carboxylic acids is 1. The number of esters is 1. The van der Waals surface area contributed by atoms with Gasteiger partial charge in [0.1, 0.15) is 11.5 Å². The molecule has 2 aromatic carbocycles. The van der Waals surface area contributed by atoms with Crippen molar-refractivity contribution in [2.24, 2.45) is 0 Å². The average Bonchev–Trinajstić information content (AvgIpc) is 3.63. The minimum Gasteiger partial charge on any atom is -0.496 e. The van der Waals surface area contributed by atoms with Crippen LogP contribution in [0.5, 0.6) is 11.5 Å². The molecule has 0 saturated carbocycles. The number of hydrogen-bond acceptors (Lipinski definition) is 13. The normalized spacial score (nSPS) is 10.2. The summed E-state index contributed by atoms with van der Waals surface area (Å²) in [6.45, 7) is 1.87. The van der Waals surface area contributed by atoms with E-state index in [0.29, 0.717) is 5.56 Å². The van der Waals surface area contributed by atoms with E-state index >= 15 is 0 Å². The van der Waals surface area contributed by atoms with Gasteiger partial charge in [0.15, 0.2) is 35.7 Å². The Hall–Kier alpha value is -5.80. The number of ether oxygens (including phenoxy) is 3. The molecule has 0 amide bonds. The molecule has 16 nitrogen and oxygen atoms in total. The SMILES string of the molecule is CCOC(=O)c1ncoc1-c1ccc([N+](=O)[O-])cc1OC.COc1cc([N+](=O)[O-])ccc1-c1ocnc1C(=O)O. The van der Waals surface area contributed by atoms with Crippen LogP contribution < -0.4 is 9.47 Å². The number of carboxylic acid groups (broad SMARTS) is 1. The van der Waals surface area contributed by atoms with Crippen LogP contribution in [-0.2, 0) is 4.74 Å². The molecule has 0 unspecified atom stereocenters. The Balaban J connectivity index is 0.000000222. The quantitative estimate of drug-likeness (QED) is 0.172. The Morgan fingerprint density at radius 3 is 1.70 bits per heavy atom. The molecule has 40 heavy (non-hydrogen) atoms. The first kappa shape index (κ1) is 28.8. The molecule has 4 aromatic rings. The van der Waals surface area contributed by atoms with Gasteiger partial charge in [0.05, 0.1) is 53.9 Å². The number of carbonyl (C=O) groups excluding carboxylic acids is 1. The summed E-state index contributed by atoms with van der Waals surface area (Å²) in [5.74, 6) is -1.44. The van der Waals surface area contributed by atoms with Gasteiger partial charge in [-0.25, -0.2) is 19.6 Å². The van der Waals surface area contributed by atoms with E-state index in [0.717, 1.165) is 12.8 Å². The van der Waals surface area contributed by atoms with E-state index in [4.69, 9.17) is 28.2 Å². The zero-order valence-electron chi connectivity index (χ0n) is 21.1. The first-order chi connectivity index (χ1) is 19.1. The fraction of sp³-hybridized carbons (Fsp3) is 0.167. The van der Waals surface area contributed by atoms with Crippen molar-refractivity contribution in [3.05, 3.63) is 80.8 Å². The standard InChI is InChI=1S/C13H12N2O6.C11H8N2O6/c1-3-20-13(16)11-12(21-7-14-11)9-5-4-8(15(17)18)6-10(9)19-2;1-18-8-4-6(13(16)17)2-3-7(8)10-9(11(14)15)12-5-19-10/h4-7H,3H2,1-2H3;2-5H,1H3,(H,14,15). The van der Waals surface area contributed by atoms with Gasteiger partial charge in [0, 0.05) is 12.1 Å². The van der Waals surface area contributed by atoms with Gasteiger partial charge in [-0.1, -0.05) is 0 Å². The van der Waals surface area contributed by atoms with E-state index < -0.39 is 21.8 Å². The van der Waals surface area contributed by atoms with Crippen LogP contribution in [0.1, 0.15) is 27.9 Å². The number of methoxy groups -OCH3 is 2. The molecule has 0 fully saturated rings. The summed E-state index contributed by atoms with van der Waals surface area (Å²) in [6, 6.07) is 7.72. The number of nitro benzene ring substituents is 2. The molecule has 0 saturated heterocycles. The lowest BCUT2D eigenvalue weighted by molar-refractivity contribution is -0.385. The van der Waals surface area contributed by atoms with Crippen molar-refractivity contribution in [3.8, 4) is 34.1 Å². The molecule has 0 aliphatic carbocycles. The van der Waals surface area contributed by atoms with E-state index in [-0.39, 0.29) is 58.0 Å². The van der Waals surface area contributed by atoms with Gasteiger partial charge < -0.3 is 28.2 Å². The van der Waals surface area contributed by atoms with Gasteiger partial charge in [-0.05, 0) is 19.1 Å². The highest BCUT2D eigenvalue weighted by atomic mass is 16.6. The van der Waals surface area contributed by atoms with Crippen LogP contribution in [0.2, 0.25) is 0 Å². The van der Waals surface area contributed by atoms with E-state index in [2.05, 4.69) is 9.97 Å². The molecule has 2 aromatic heterocycles. The lowest BCUT2D eigenvalue weighted by Gasteiger charge is -2.07. The third-order valence-corrected chi connectivity index (χ3v) is 5.09. The number of rotatable bonds is 9. The van der Waals surface area contributed by atoms with Crippen LogP contribution in [0.3, 0.4) is 0 Å². The van der Waals surface area contributed by atoms with Gasteiger partial charge in [-0.2, -0.15) is 0 Å². The van der Waals surface area contributed by atoms with Crippen LogP contribution >= 0.6 is 0 Å². The highest BCUT2D eigenvalue weighted by molar-refractivity contribution is 5.94. The Morgan fingerprint density at radius 2 is 1.30 bits per heavy atom. The van der Waals surface area contributed by atoms with Crippen molar-refractivity contribution in [3.63, 3.8) is 0 Å². The monoisotopic (exact) mass is 556 g/mol. The summed E-state index contributed by atoms with van der Waals surface area (Å²) in [7, 11) is 2.68. The molecule has 0 bridgehead atoms. The molecular weight excluding hydrogens is 536 g/mol. The van der Waals surface area contributed by atoms with Crippen LogP contribution in [-0.4, -0.2) is 57.7 Å². The van der Waals surface area contributed by atoms with Crippen LogP contribution in [0, 0.1) is 20.2 Å². The van der Waals surface area contributed by atoms with Gasteiger partial charge in [-0.3, -0.25) is 20.2 Å². The third-order valence-electron chi connectivity index (χ3n) is 5.09. The van der Waals surface area contributed by atoms with Crippen molar-refractivity contribution < 1.29 is 47.6 Å². The fourth-order valence-electron chi connectivity index (χ4n) is 3.33. The van der Waals surface area contributed by atoms with Gasteiger partial charge >= 0.3 is 11.9 Å². The van der Waals surface area contributed by atoms with Crippen LogP contribution in [0.4, 0.5) is 11.4 Å². The predicted octanol–water partition coefficient (Wildman–Crippen LogP) is 4.39. The molecule has 16 heteroatoms. The Kier molecular flexibility index (Phi) is 9.09. The number of non-ortho nitro benzene ring substituents is 2. The number of aromatic nitrogens is 2. The van der Waals surface area contributed by atoms with Crippen molar-refractivity contribution >= 4 is 23.3 Å². The average molecular weight is 556 g/mol. The smallest absolute Gasteiger partial charge is 0.360 e. The third kappa shape index (κ3) is 6.18. The molecular formula is C24H20N4O12. The highest BCUT2D eigenvalue weighted by Crippen LogP contribution is 2.36. The van der Waals surface area contributed by atoms with E-state index in [9.17, 15) is 29.8 Å². The molecule has 0 aliphatic heterocycles. The van der Waals surface area contributed by atoms with Crippen LogP contribution in [0.15, 0.2) is 58.0 Å². The van der Waals surface area contributed by atoms with Gasteiger partial charge in [0.25, 0.3) is 11.4 Å². The zero-order valence-corrected chi connectivity index (χ0v) is 21.1. The fourth-order valence-corrected chi connectivity index (χ4v) is 3.33. The van der Waals surface area contributed by atoms with Gasteiger partial charge in [0.2, 0.25) is 0 Å². The summed E-state index contributed by atoms with van der Waals surface area (Å²) in [5.41, 5.74) is 0.0626. The molecule has 0 radical (unpaired) electrons. The van der Waals surface area contributed by atoms with Crippen molar-refractivity contribution in [1.82, 2.24) is 9.97 Å². The molecule has 4 rings (SSSR count). The first-order valence-electron chi connectivity index (χ1n) is 11.1. The number of nitro groups is 2. The number of aromatic carboxylic acids is 1. The highest BCUT2D eigenvalue weighted by Gasteiger charge is 2.24. The molecule has 208 valence electrons. The Morgan fingerprint density at radius 1 is 0.850 bits per heavy atom. The summed E-state index contributed by atoms with van der Waals surface area (Å²) >= 11 is 0. The van der Waals surface area contributed by atoms with Crippen molar-refractivity contribution in [2.45, 2.75) is 6.92 Å². The van der Waals surface area contributed by atoms with Crippen molar-refractivity contribution in [1.29, 1.82) is 0 Å². The topological polar surface area (TPSA) is 220 Å². The van der Waals surface area contributed by atoms with E-state index in [1.54, 1.807) is 6.92 Å². The number of benzene rings is 2. The molecule has 1 N–H and O–H groups in total. The van der Waals surface area contributed by atoms with Gasteiger partial charge in [-0.15, -0.1) is 0 Å². The summed E-state index contributed by atoms with van der Waals surface area (Å²) in [6.07, 6.45) is 2.09. The Labute approximate surface area is 224 Å². The summed E-state index contributed by atoms with van der Waals surface area (Å²) < 4.78 is 25.2. The van der Waals surface area contributed by atoms with Crippen molar-refractivity contribution in [2.75, 3.05) is 20.8 Å². The second-order valence-corrected chi connectivity index (χ2v) is 7.37. The second kappa shape index (κ2) is 12.6. The lowest BCUT2D eigenvalue weighted by atomic mass is 10.1. The molecule has 0 aliphatic rings. The number of carbonyl (C=O) groups is 2. The number of nitrogens with zero attached hydrogens (tertiary/aromatic N) is 4. The minimum absolute atomic E-state index is 0.0102. The largest absolute Gasteiger partial charge is 0.496 e. The summed E-state index contributed by atoms with van der Waals surface area (Å²) in [4.78, 5) is 50.4. The number of oxazole rings is 2. The Bertz CT molecular complexity index is 1560. The maximum Gasteiger partial charge on any atom is 0.360 e. The first-order valence-corrected chi connectivity index (χ1v) is 11.1. The molecule has 2 heterocycles. The molecule has 0 spiro atoms.